The van der Waals surface area contributed by atoms with Gasteiger partial charge in [-0.2, -0.15) is 0 Å². The molecule has 1 aliphatic rings. The van der Waals surface area contributed by atoms with Gasteiger partial charge in [0.2, 0.25) is 11.8 Å². The van der Waals surface area contributed by atoms with E-state index in [-0.39, 0.29) is 31.0 Å². The first-order chi connectivity index (χ1) is 13.1. The summed E-state index contributed by atoms with van der Waals surface area (Å²) in [4.78, 5) is 28.8. The summed E-state index contributed by atoms with van der Waals surface area (Å²) in [6, 6.07) is 17.9. The number of hydrogen-bond acceptors (Lipinski definition) is 3. The van der Waals surface area contributed by atoms with Crippen molar-refractivity contribution in [2.24, 2.45) is 0 Å². The molecule has 1 saturated heterocycles. The molecule has 5 heteroatoms. The number of anilines is 1. The van der Waals surface area contributed by atoms with Crippen LogP contribution in [0.25, 0.3) is 0 Å². The molecule has 0 bridgehead atoms. The molecule has 2 aromatic carbocycles. The van der Waals surface area contributed by atoms with Crippen LogP contribution in [0.1, 0.15) is 18.1 Å². The molecular weight excluding hydrogens is 340 g/mol. The monoisotopic (exact) mass is 366 g/mol. The molecule has 3 rings (SSSR count). The van der Waals surface area contributed by atoms with E-state index in [4.69, 9.17) is 4.74 Å². The summed E-state index contributed by atoms with van der Waals surface area (Å²) in [5.41, 5.74) is 3.17. The topological polar surface area (TPSA) is 49.9 Å². The van der Waals surface area contributed by atoms with Crippen molar-refractivity contribution < 1.29 is 14.3 Å². The number of carbonyl (C=O) groups excluding carboxylic acids is 2. The minimum Gasteiger partial charge on any atom is -0.372 e. The van der Waals surface area contributed by atoms with Crippen LogP contribution in [0.5, 0.6) is 0 Å². The highest BCUT2D eigenvalue weighted by atomic mass is 16.5. The van der Waals surface area contributed by atoms with E-state index < -0.39 is 0 Å². The van der Waals surface area contributed by atoms with E-state index in [9.17, 15) is 9.59 Å². The summed E-state index contributed by atoms with van der Waals surface area (Å²) in [6.07, 6.45) is 0.703. The van der Waals surface area contributed by atoms with Gasteiger partial charge in [0, 0.05) is 18.8 Å². The van der Waals surface area contributed by atoms with Gasteiger partial charge in [-0.25, -0.2) is 0 Å². The predicted octanol–water partition coefficient (Wildman–Crippen LogP) is 2.82. The third kappa shape index (κ3) is 4.74. The normalized spacial score (nSPS) is 17.3. The largest absolute Gasteiger partial charge is 0.372 e. The highest BCUT2D eigenvalue weighted by Crippen LogP contribution is 2.23. The molecule has 0 aromatic heterocycles. The average Bonchev–Trinajstić information content (AvgIpc) is 2.68. The third-order valence-corrected chi connectivity index (χ3v) is 4.85. The lowest BCUT2D eigenvalue weighted by Gasteiger charge is -2.41. The van der Waals surface area contributed by atoms with Gasteiger partial charge in [0.1, 0.15) is 13.2 Å². The maximum absolute atomic E-state index is 12.8. The SMILES string of the molecule is CCOCC(=O)N1CC(=O)N(c2ccc(C)cc2)C[C@@H]1Cc1ccccc1. The average molecular weight is 366 g/mol. The minimum absolute atomic E-state index is 0.0135. The van der Waals surface area contributed by atoms with Gasteiger partial charge < -0.3 is 14.5 Å². The molecule has 1 heterocycles. The molecule has 0 N–H and O–H groups in total. The molecule has 2 amide bonds. The van der Waals surface area contributed by atoms with Crippen molar-refractivity contribution in [3.63, 3.8) is 0 Å². The fourth-order valence-corrected chi connectivity index (χ4v) is 3.37. The molecule has 5 nitrogen and oxygen atoms in total. The van der Waals surface area contributed by atoms with Gasteiger partial charge in [-0.3, -0.25) is 9.59 Å². The first kappa shape index (κ1) is 19.1. The van der Waals surface area contributed by atoms with Crippen LogP contribution in [0.2, 0.25) is 0 Å². The van der Waals surface area contributed by atoms with Gasteiger partial charge in [-0.05, 0) is 38.0 Å². The van der Waals surface area contributed by atoms with E-state index in [0.717, 1.165) is 16.8 Å². The smallest absolute Gasteiger partial charge is 0.249 e. The number of piperazine rings is 1. The Labute approximate surface area is 160 Å². The summed E-state index contributed by atoms with van der Waals surface area (Å²) in [5, 5.41) is 0. The number of ether oxygens (including phenoxy) is 1. The molecule has 27 heavy (non-hydrogen) atoms. The highest BCUT2D eigenvalue weighted by molar-refractivity contribution is 5.98. The molecule has 0 aliphatic carbocycles. The van der Waals surface area contributed by atoms with Crippen molar-refractivity contribution in [2.45, 2.75) is 26.3 Å². The van der Waals surface area contributed by atoms with E-state index in [2.05, 4.69) is 12.1 Å². The first-order valence-corrected chi connectivity index (χ1v) is 9.36. The Kier molecular flexibility index (Phi) is 6.24. The molecule has 1 fully saturated rings. The fourth-order valence-electron chi connectivity index (χ4n) is 3.37. The second-order valence-electron chi connectivity index (χ2n) is 6.84. The van der Waals surface area contributed by atoms with Crippen LogP contribution in [-0.2, 0) is 20.7 Å². The predicted molar refractivity (Wildman–Crippen MR) is 106 cm³/mol. The van der Waals surface area contributed by atoms with Crippen LogP contribution in [-0.4, -0.2) is 49.1 Å². The molecule has 0 radical (unpaired) electrons. The Morgan fingerprint density at radius 2 is 1.81 bits per heavy atom. The van der Waals surface area contributed by atoms with E-state index in [1.807, 2.05) is 56.3 Å². The number of rotatable bonds is 6. The number of amides is 2. The molecule has 0 saturated carbocycles. The Morgan fingerprint density at radius 3 is 2.48 bits per heavy atom. The Hall–Kier alpha value is -2.66. The summed E-state index contributed by atoms with van der Waals surface area (Å²) < 4.78 is 5.29. The lowest BCUT2D eigenvalue weighted by atomic mass is 10.0. The van der Waals surface area contributed by atoms with Crippen LogP contribution >= 0.6 is 0 Å². The first-order valence-electron chi connectivity index (χ1n) is 9.36. The summed E-state index contributed by atoms with van der Waals surface area (Å²) in [7, 11) is 0. The Balaban J connectivity index is 1.83. The zero-order valence-electron chi connectivity index (χ0n) is 15.9. The highest BCUT2D eigenvalue weighted by Gasteiger charge is 2.35. The zero-order valence-corrected chi connectivity index (χ0v) is 15.9. The van der Waals surface area contributed by atoms with Crippen LogP contribution in [0.15, 0.2) is 54.6 Å². The number of hydrogen-bond donors (Lipinski definition) is 0. The van der Waals surface area contributed by atoms with Gasteiger partial charge in [0.05, 0.1) is 6.04 Å². The maximum atomic E-state index is 12.8. The number of aryl methyl sites for hydroxylation is 1. The van der Waals surface area contributed by atoms with Crippen LogP contribution in [0, 0.1) is 6.92 Å². The van der Waals surface area contributed by atoms with Gasteiger partial charge in [0.25, 0.3) is 0 Å². The van der Waals surface area contributed by atoms with Gasteiger partial charge in [0.15, 0.2) is 0 Å². The van der Waals surface area contributed by atoms with Crippen LogP contribution in [0.3, 0.4) is 0 Å². The zero-order chi connectivity index (χ0) is 19.2. The van der Waals surface area contributed by atoms with Crippen LogP contribution in [0.4, 0.5) is 5.69 Å². The van der Waals surface area contributed by atoms with E-state index in [1.165, 1.54) is 0 Å². The second kappa shape index (κ2) is 8.82. The molecular formula is C22H26N2O3. The quantitative estimate of drug-likeness (QED) is 0.790. The summed E-state index contributed by atoms with van der Waals surface area (Å²) in [5.74, 6) is -0.192. The maximum Gasteiger partial charge on any atom is 0.249 e. The molecule has 2 aromatic rings. The molecule has 142 valence electrons. The minimum atomic E-state index is -0.130. The van der Waals surface area contributed by atoms with E-state index in [0.29, 0.717) is 19.6 Å². The molecule has 1 aliphatic heterocycles. The van der Waals surface area contributed by atoms with Crippen molar-refractivity contribution in [3.05, 3.63) is 65.7 Å². The van der Waals surface area contributed by atoms with Crippen molar-refractivity contribution in [3.8, 4) is 0 Å². The van der Waals surface area contributed by atoms with Crippen molar-refractivity contribution >= 4 is 17.5 Å². The van der Waals surface area contributed by atoms with Crippen molar-refractivity contribution in [2.75, 3.05) is 31.2 Å². The van der Waals surface area contributed by atoms with Crippen molar-refractivity contribution in [1.82, 2.24) is 4.90 Å². The summed E-state index contributed by atoms with van der Waals surface area (Å²) in [6.45, 7) is 4.93. The second-order valence-corrected chi connectivity index (χ2v) is 6.84. The number of benzene rings is 2. The van der Waals surface area contributed by atoms with E-state index in [1.54, 1.807) is 9.80 Å². The third-order valence-electron chi connectivity index (χ3n) is 4.85. The standard InChI is InChI=1S/C22H26N2O3/c1-3-27-16-22(26)24-15-21(25)23(19-11-9-17(2)10-12-19)14-20(24)13-18-7-5-4-6-8-18/h4-12,20H,3,13-16H2,1-2H3/t20-/m0/s1. The Bertz CT molecular complexity index is 774. The van der Waals surface area contributed by atoms with Gasteiger partial charge in [-0.15, -0.1) is 0 Å². The summed E-state index contributed by atoms with van der Waals surface area (Å²) >= 11 is 0. The van der Waals surface area contributed by atoms with Crippen molar-refractivity contribution in [1.29, 1.82) is 0 Å². The van der Waals surface area contributed by atoms with Crippen LogP contribution < -0.4 is 4.90 Å². The van der Waals surface area contributed by atoms with Gasteiger partial charge in [-0.1, -0.05) is 48.0 Å². The Morgan fingerprint density at radius 1 is 1.11 bits per heavy atom. The number of nitrogens with zero attached hydrogens (tertiary/aromatic N) is 2. The molecule has 0 unspecified atom stereocenters. The van der Waals surface area contributed by atoms with E-state index >= 15 is 0 Å². The fraction of sp³-hybridized carbons (Fsp3) is 0.364. The van der Waals surface area contributed by atoms with Gasteiger partial charge >= 0.3 is 0 Å². The lowest BCUT2D eigenvalue weighted by molar-refractivity contribution is -0.143. The lowest BCUT2D eigenvalue weighted by Crippen LogP contribution is -2.59. The number of carbonyl (C=O) groups is 2. The molecule has 0 spiro atoms. The molecule has 1 atom stereocenters.